The van der Waals surface area contributed by atoms with Gasteiger partial charge in [0.25, 0.3) is 0 Å². The minimum Gasteiger partial charge on any atom is -0.464 e. The summed E-state index contributed by atoms with van der Waals surface area (Å²) < 4.78 is 15.2. The number of aliphatic hydroxyl groups excluding tert-OH is 1. The van der Waals surface area contributed by atoms with Crippen molar-refractivity contribution >= 4 is 5.97 Å². The van der Waals surface area contributed by atoms with Gasteiger partial charge in [-0.3, -0.25) is 4.90 Å². The second-order valence-corrected chi connectivity index (χ2v) is 3.80. The quantitative estimate of drug-likeness (QED) is 0.472. The Morgan fingerprint density at radius 3 is 3.12 bits per heavy atom. The first kappa shape index (κ1) is 14.4. The maximum absolute atomic E-state index is 11.0. The Morgan fingerprint density at radius 2 is 2.41 bits per heavy atom. The van der Waals surface area contributed by atoms with Gasteiger partial charge in [0.1, 0.15) is 6.61 Å². The molecule has 1 aliphatic heterocycles. The standard InChI is InChI=1S/C11H21NO5/c1-2-17-11(14)9-16-6-4-12-3-5-15-8-10(12)7-13/h10,13H,2-9H2,1H3. The van der Waals surface area contributed by atoms with E-state index in [9.17, 15) is 4.79 Å². The lowest BCUT2D eigenvalue weighted by Gasteiger charge is -2.34. The van der Waals surface area contributed by atoms with Crippen LogP contribution in [0, 0.1) is 0 Å². The molecule has 100 valence electrons. The molecule has 6 nitrogen and oxygen atoms in total. The first-order valence-corrected chi connectivity index (χ1v) is 5.94. The fraction of sp³-hybridized carbons (Fsp3) is 0.909. The summed E-state index contributed by atoms with van der Waals surface area (Å²) in [6.07, 6.45) is 0. The van der Waals surface area contributed by atoms with E-state index < -0.39 is 0 Å². The molecule has 17 heavy (non-hydrogen) atoms. The summed E-state index contributed by atoms with van der Waals surface area (Å²) in [6, 6.07) is 0.0370. The zero-order valence-electron chi connectivity index (χ0n) is 10.3. The van der Waals surface area contributed by atoms with Gasteiger partial charge in [-0.1, -0.05) is 0 Å². The van der Waals surface area contributed by atoms with Crippen molar-refractivity contribution in [1.29, 1.82) is 0 Å². The predicted octanol–water partition coefficient (Wildman–Crippen LogP) is -0.741. The van der Waals surface area contributed by atoms with Gasteiger partial charge in [-0.2, -0.15) is 0 Å². The molecule has 0 aromatic heterocycles. The first-order chi connectivity index (χ1) is 8.27. The van der Waals surface area contributed by atoms with Crippen molar-refractivity contribution in [2.75, 3.05) is 52.7 Å². The van der Waals surface area contributed by atoms with E-state index in [1.54, 1.807) is 6.92 Å². The highest BCUT2D eigenvalue weighted by Gasteiger charge is 2.21. The van der Waals surface area contributed by atoms with Crippen LogP contribution in [0.4, 0.5) is 0 Å². The molecule has 6 heteroatoms. The Hall–Kier alpha value is -0.690. The van der Waals surface area contributed by atoms with Crippen LogP contribution in [0.1, 0.15) is 6.92 Å². The first-order valence-electron chi connectivity index (χ1n) is 5.94. The Morgan fingerprint density at radius 1 is 1.59 bits per heavy atom. The average molecular weight is 247 g/mol. The third-order valence-corrected chi connectivity index (χ3v) is 2.61. The molecule has 1 atom stereocenters. The average Bonchev–Trinajstić information content (AvgIpc) is 2.35. The molecular weight excluding hydrogens is 226 g/mol. The number of esters is 1. The molecular formula is C11H21NO5. The highest BCUT2D eigenvalue weighted by Crippen LogP contribution is 2.05. The van der Waals surface area contributed by atoms with Gasteiger partial charge in [-0.25, -0.2) is 4.79 Å². The fourth-order valence-corrected chi connectivity index (χ4v) is 1.69. The van der Waals surface area contributed by atoms with Crippen molar-refractivity contribution in [2.45, 2.75) is 13.0 Å². The molecule has 1 fully saturated rings. The number of ether oxygens (including phenoxy) is 3. The highest BCUT2D eigenvalue weighted by atomic mass is 16.6. The smallest absolute Gasteiger partial charge is 0.332 e. The molecule has 1 saturated heterocycles. The highest BCUT2D eigenvalue weighted by molar-refractivity contribution is 5.70. The number of morpholine rings is 1. The van der Waals surface area contributed by atoms with Crippen LogP contribution in [0.15, 0.2) is 0 Å². The molecule has 0 aromatic carbocycles. The van der Waals surface area contributed by atoms with Crippen LogP contribution in [-0.2, 0) is 19.0 Å². The molecule has 1 heterocycles. The third kappa shape index (κ3) is 5.45. The van der Waals surface area contributed by atoms with Gasteiger partial charge in [-0.15, -0.1) is 0 Å². The molecule has 0 spiro atoms. The monoisotopic (exact) mass is 247 g/mol. The number of hydrogen-bond acceptors (Lipinski definition) is 6. The maximum Gasteiger partial charge on any atom is 0.332 e. The molecule has 1 unspecified atom stereocenters. The van der Waals surface area contributed by atoms with Crippen molar-refractivity contribution < 1.29 is 24.1 Å². The second kappa shape index (κ2) is 8.41. The van der Waals surface area contributed by atoms with Crippen molar-refractivity contribution in [3.8, 4) is 0 Å². The number of aliphatic hydroxyl groups is 1. The summed E-state index contributed by atoms with van der Waals surface area (Å²) in [7, 11) is 0. The van der Waals surface area contributed by atoms with Crippen LogP contribution in [0.3, 0.4) is 0 Å². The summed E-state index contributed by atoms with van der Waals surface area (Å²) >= 11 is 0. The summed E-state index contributed by atoms with van der Waals surface area (Å²) in [5.74, 6) is -0.340. The number of rotatable bonds is 7. The van der Waals surface area contributed by atoms with Gasteiger partial charge in [0.15, 0.2) is 0 Å². The molecule has 0 radical (unpaired) electrons. The summed E-state index contributed by atoms with van der Waals surface area (Å²) in [6.45, 7) is 5.36. The number of nitrogens with zero attached hydrogens (tertiary/aromatic N) is 1. The topological polar surface area (TPSA) is 68.2 Å². The zero-order chi connectivity index (χ0) is 12.5. The van der Waals surface area contributed by atoms with Crippen LogP contribution < -0.4 is 0 Å². The van der Waals surface area contributed by atoms with Gasteiger partial charge in [0.05, 0.1) is 39.1 Å². The Labute approximate surface area is 101 Å². The van der Waals surface area contributed by atoms with E-state index in [4.69, 9.17) is 19.3 Å². The van der Waals surface area contributed by atoms with Crippen molar-refractivity contribution in [2.24, 2.45) is 0 Å². The molecule has 0 bridgehead atoms. The van der Waals surface area contributed by atoms with E-state index in [-0.39, 0.29) is 25.2 Å². The van der Waals surface area contributed by atoms with E-state index >= 15 is 0 Å². The molecule has 0 aromatic rings. The van der Waals surface area contributed by atoms with Crippen molar-refractivity contribution in [3.05, 3.63) is 0 Å². The lowest BCUT2D eigenvalue weighted by molar-refractivity contribution is -0.148. The maximum atomic E-state index is 11.0. The van der Waals surface area contributed by atoms with Crippen molar-refractivity contribution in [3.63, 3.8) is 0 Å². The van der Waals surface area contributed by atoms with Gasteiger partial charge in [-0.05, 0) is 6.92 Å². The third-order valence-electron chi connectivity index (χ3n) is 2.61. The number of carbonyl (C=O) groups is 1. The minimum atomic E-state index is -0.340. The predicted molar refractivity (Wildman–Crippen MR) is 60.7 cm³/mol. The molecule has 0 saturated carbocycles. The Kier molecular flexibility index (Phi) is 7.11. The van der Waals surface area contributed by atoms with E-state index in [2.05, 4.69) is 4.90 Å². The summed E-state index contributed by atoms with van der Waals surface area (Å²) in [5, 5.41) is 9.14. The van der Waals surface area contributed by atoms with Crippen LogP contribution in [-0.4, -0.2) is 74.7 Å². The largest absolute Gasteiger partial charge is 0.464 e. The minimum absolute atomic E-state index is 0.0119. The number of hydrogen-bond donors (Lipinski definition) is 1. The second-order valence-electron chi connectivity index (χ2n) is 3.80. The summed E-state index contributed by atoms with van der Waals surface area (Å²) in [4.78, 5) is 13.1. The lowest BCUT2D eigenvalue weighted by atomic mass is 10.2. The normalized spacial score (nSPS) is 21.4. The van der Waals surface area contributed by atoms with E-state index in [0.29, 0.717) is 33.0 Å². The lowest BCUT2D eigenvalue weighted by Crippen LogP contribution is -2.48. The fourth-order valence-electron chi connectivity index (χ4n) is 1.69. The summed E-state index contributed by atoms with van der Waals surface area (Å²) in [5.41, 5.74) is 0. The molecule has 1 N–H and O–H groups in total. The van der Waals surface area contributed by atoms with Gasteiger partial charge in [0, 0.05) is 13.1 Å². The van der Waals surface area contributed by atoms with Gasteiger partial charge < -0.3 is 19.3 Å². The molecule has 0 amide bonds. The van der Waals surface area contributed by atoms with Crippen LogP contribution in [0.2, 0.25) is 0 Å². The number of carbonyl (C=O) groups excluding carboxylic acids is 1. The van der Waals surface area contributed by atoms with Crippen LogP contribution >= 0.6 is 0 Å². The van der Waals surface area contributed by atoms with E-state index in [1.165, 1.54) is 0 Å². The van der Waals surface area contributed by atoms with Crippen molar-refractivity contribution in [1.82, 2.24) is 4.90 Å². The SMILES string of the molecule is CCOC(=O)COCCN1CCOCC1CO. The molecule has 1 aliphatic rings. The zero-order valence-corrected chi connectivity index (χ0v) is 10.3. The van der Waals surface area contributed by atoms with E-state index in [1.807, 2.05) is 0 Å². The van der Waals surface area contributed by atoms with Crippen LogP contribution in [0.5, 0.6) is 0 Å². The Bertz CT molecular complexity index is 224. The van der Waals surface area contributed by atoms with Gasteiger partial charge >= 0.3 is 5.97 Å². The Balaban J connectivity index is 2.10. The van der Waals surface area contributed by atoms with E-state index in [0.717, 1.165) is 6.54 Å². The molecule has 1 rings (SSSR count). The van der Waals surface area contributed by atoms with Crippen LogP contribution in [0.25, 0.3) is 0 Å². The van der Waals surface area contributed by atoms with Gasteiger partial charge in [0.2, 0.25) is 0 Å². The molecule has 0 aliphatic carbocycles.